The molecule has 1 saturated heterocycles. The zero-order valence-electron chi connectivity index (χ0n) is 12.5. The molecule has 1 aliphatic heterocycles. The molecule has 0 spiro atoms. The average molecular weight is 436 g/mol. The number of para-hydroxylation sites is 2. The maximum absolute atomic E-state index is 12.6. The maximum atomic E-state index is 12.6. The Balaban J connectivity index is 1.85. The van der Waals surface area contributed by atoms with Crippen molar-refractivity contribution in [3.05, 3.63) is 73.6 Å². The first-order chi connectivity index (χ1) is 12.0. The number of nitro groups is 1. The number of benzene rings is 2. The number of hydrogen-bond donors (Lipinski definition) is 1. The maximum Gasteiger partial charge on any atom is 0.294 e. The number of carbonyl (C=O) groups is 1. The van der Waals surface area contributed by atoms with Crippen molar-refractivity contribution in [3.63, 3.8) is 0 Å². The summed E-state index contributed by atoms with van der Waals surface area (Å²) in [4.78, 5) is 23.6. The third-order valence-corrected chi connectivity index (χ3v) is 5.13. The Hall–Kier alpha value is -2.23. The largest absolute Gasteiger partial charge is 0.294 e. The Kier molecular flexibility index (Phi) is 5.16. The van der Waals surface area contributed by atoms with Crippen LogP contribution < -0.4 is 5.43 Å². The summed E-state index contributed by atoms with van der Waals surface area (Å²) in [5, 5.41) is 12.2. The molecular formula is C16H10BrN3O3S2. The van der Waals surface area contributed by atoms with E-state index in [0.717, 1.165) is 26.8 Å². The summed E-state index contributed by atoms with van der Waals surface area (Å²) in [7, 11) is 0. The number of thioether (sulfide) groups is 1. The van der Waals surface area contributed by atoms with E-state index in [-0.39, 0.29) is 21.6 Å². The fourth-order valence-electron chi connectivity index (χ4n) is 2.12. The first-order valence-electron chi connectivity index (χ1n) is 6.99. The Morgan fingerprint density at radius 2 is 1.88 bits per heavy atom. The van der Waals surface area contributed by atoms with Crippen LogP contribution in [0.15, 0.2) is 57.9 Å². The molecule has 1 fully saturated rings. The fourth-order valence-corrected chi connectivity index (χ4v) is 3.57. The minimum absolute atomic E-state index is 0.131. The van der Waals surface area contributed by atoms with Crippen LogP contribution in [0.1, 0.15) is 5.56 Å². The zero-order chi connectivity index (χ0) is 18.0. The van der Waals surface area contributed by atoms with Crippen molar-refractivity contribution in [1.82, 2.24) is 5.01 Å². The highest BCUT2D eigenvalue weighted by molar-refractivity contribution is 9.10. The number of hydrogen-bond acceptors (Lipinski definition) is 6. The van der Waals surface area contributed by atoms with Gasteiger partial charge >= 0.3 is 0 Å². The van der Waals surface area contributed by atoms with E-state index in [4.69, 9.17) is 12.2 Å². The monoisotopic (exact) mass is 435 g/mol. The number of thiocarbonyl (C=S) groups is 1. The van der Waals surface area contributed by atoms with Gasteiger partial charge in [0.05, 0.1) is 9.83 Å². The van der Waals surface area contributed by atoms with Gasteiger partial charge in [0.2, 0.25) is 0 Å². The smallest absolute Gasteiger partial charge is 0.283 e. The van der Waals surface area contributed by atoms with Crippen molar-refractivity contribution in [2.75, 3.05) is 5.43 Å². The Bertz CT molecular complexity index is 900. The average Bonchev–Trinajstić information content (AvgIpc) is 2.85. The van der Waals surface area contributed by atoms with Crippen LogP contribution in [0.3, 0.4) is 0 Å². The molecule has 1 heterocycles. The van der Waals surface area contributed by atoms with E-state index in [1.165, 1.54) is 12.1 Å². The van der Waals surface area contributed by atoms with Gasteiger partial charge in [0, 0.05) is 10.5 Å². The van der Waals surface area contributed by atoms with Gasteiger partial charge in [-0.1, -0.05) is 52.0 Å². The predicted octanol–water partition coefficient (Wildman–Crippen LogP) is 4.59. The van der Waals surface area contributed by atoms with Crippen LogP contribution in [0, 0.1) is 10.1 Å². The number of nitro benzene ring substituents is 1. The van der Waals surface area contributed by atoms with E-state index >= 15 is 0 Å². The van der Waals surface area contributed by atoms with Gasteiger partial charge in [0.25, 0.3) is 11.6 Å². The van der Waals surface area contributed by atoms with Crippen molar-refractivity contribution >= 4 is 67.6 Å². The predicted molar refractivity (Wildman–Crippen MR) is 106 cm³/mol. The highest BCUT2D eigenvalue weighted by Crippen LogP contribution is 2.34. The van der Waals surface area contributed by atoms with Gasteiger partial charge in [-0.2, -0.15) is 0 Å². The molecule has 1 aliphatic rings. The number of carbonyl (C=O) groups excluding carboxylic acids is 1. The normalized spacial score (nSPS) is 15.7. The summed E-state index contributed by atoms with van der Waals surface area (Å²) in [6.45, 7) is 0. The van der Waals surface area contributed by atoms with E-state index in [1.54, 1.807) is 18.2 Å². The number of hydrazine groups is 1. The van der Waals surface area contributed by atoms with E-state index in [2.05, 4.69) is 21.4 Å². The van der Waals surface area contributed by atoms with Crippen molar-refractivity contribution in [2.45, 2.75) is 0 Å². The van der Waals surface area contributed by atoms with Gasteiger partial charge in [-0.05, 0) is 42.1 Å². The molecule has 0 atom stereocenters. The molecule has 25 heavy (non-hydrogen) atoms. The van der Waals surface area contributed by atoms with Gasteiger partial charge < -0.3 is 0 Å². The molecule has 1 N–H and O–H groups in total. The summed E-state index contributed by atoms with van der Waals surface area (Å²) < 4.78 is 1.22. The van der Waals surface area contributed by atoms with Crippen molar-refractivity contribution < 1.29 is 9.72 Å². The lowest BCUT2D eigenvalue weighted by molar-refractivity contribution is -0.384. The molecule has 126 valence electrons. The molecule has 0 unspecified atom stereocenters. The Morgan fingerprint density at radius 1 is 1.20 bits per heavy atom. The van der Waals surface area contributed by atoms with E-state index in [9.17, 15) is 14.9 Å². The Morgan fingerprint density at radius 3 is 2.56 bits per heavy atom. The summed E-state index contributed by atoms with van der Waals surface area (Å²) in [6, 6.07) is 13.6. The van der Waals surface area contributed by atoms with Gasteiger partial charge in [-0.3, -0.25) is 20.3 Å². The molecular weight excluding hydrogens is 426 g/mol. The second-order valence-electron chi connectivity index (χ2n) is 4.95. The lowest BCUT2D eigenvalue weighted by Crippen LogP contribution is -2.34. The van der Waals surface area contributed by atoms with Crippen LogP contribution in [0.5, 0.6) is 0 Å². The number of nitrogens with zero attached hydrogens (tertiary/aromatic N) is 2. The summed E-state index contributed by atoms with van der Waals surface area (Å²) >= 11 is 9.72. The molecule has 6 nitrogen and oxygen atoms in total. The van der Waals surface area contributed by atoms with Crippen LogP contribution in [0.2, 0.25) is 0 Å². The van der Waals surface area contributed by atoms with E-state index in [1.807, 2.05) is 24.3 Å². The van der Waals surface area contributed by atoms with E-state index in [0.29, 0.717) is 4.91 Å². The number of anilines is 1. The van der Waals surface area contributed by atoms with Crippen LogP contribution in [0.25, 0.3) is 6.08 Å². The first kappa shape index (κ1) is 17.6. The lowest BCUT2D eigenvalue weighted by Gasteiger charge is -2.16. The van der Waals surface area contributed by atoms with Gasteiger partial charge in [-0.15, -0.1) is 0 Å². The second kappa shape index (κ2) is 7.34. The number of rotatable bonds is 4. The molecule has 2 aromatic rings. The minimum atomic E-state index is -0.516. The van der Waals surface area contributed by atoms with Gasteiger partial charge in [0.15, 0.2) is 4.32 Å². The zero-order valence-corrected chi connectivity index (χ0v) is 15.7. The summed E-state index contributed by atoms with van der Waals surface area (Å²) in [6.07, 6.45) is 1.73. The molecule has 0 aliphatic carbocycles. The van der Waals surface area contributed by atoms with Crippen LogP contribution >= 0.6 is 39.9 Å². The number of amides is 1. The van der Waals surface area contributed by atoms with Gasteiger partial charge in [0.1, 0.15) is 5.69 Å². The van der Waals surface area contributed by atoms with E-state index < -0.39 is 4.92 Å². The van der Waals surface area contributed by atoms with Crippen LogP contribution in [-0.4, -0.2) is 20.2 Å². The molecule has 1 amide bonds. The molecule has 9 heteroatoms. The second-order valence-corrected chi connectivity index (χ2v) is 7.55. The van der Waals surface area contributed by atoms with Crippen molar-refractivity contribution in [3.8, 4) is 0 Å². The molecule has 0 saturated carbocycles. The molecule has 0 aromatic heterocycles. The SMILES string of the molecule is O=C1/C(=C\c2ccc(Br)cc2)SC(=S)N1Nc1ccccc1[N+](=O)[O-]. The third-order valence-electron chi connectivity index (χ3n) is 3.29. The first-order valence-corrected chi connectivity index (χ1v) is 9.01. The molecule has 0 bridgehead atoms. The van der Waals surface area contributed by atoms with Crippen molar-refractivity contribution in [2.24, 2.45) is 0 Å². The van der Waals surface area contributed by atoms with Crippen LogP contribution in [-0.2, 0) is 4.79 Å². The van der Waals surface area contributed by atoms with Crippen LogP contribution in [0.4, 0.5) is 11.4 Å². The summed E-state index contributed by atoms with van der Waals surface area (Å²) in [5.41, 5.74) is 3.67. The Labute approximate surface area is 161 Å². The number of nitrogens with one attached hydrogen (secondary N) is 1. The lowest BCUT2D eigenvalue weighted by atomic mass is 10.2. The topological polar surface area (TPSA) is 75.5 Å². The molecule has 0 radical (unpaired) electrons. The number of halogens is 1. The molecule has 3 rings (SSSR count). The highest BCUT2D eigenvalue weighted by Gasteiger charge is 2.33. The fraction of sp³-hybridized carbons (Fsp3) is 0. The van der Waals surface area contributed by atoms with Gasteiger partial charge in [-0.25, -0.2) is 5.01 Å². The molecule has 2 aromatic carbocycles. The minimum Gasteiger partial charge on any atom is -0.283 e. The standard InChI is InChI=1S/C16H10BrN3O3S2/c17-11-7-5-10(6-8-11)9-14-15(21)19(16(24)25-14)18-12-3-1-2-4-13(12)20(22)23/h1-9,18H/b14-9+. The quantitative estimate of drug-likeness (QED) is 0.327. The van der Waals surface area contributed by atoms with Crippen molar-refractivity contribution in [1.29, 1.82) is 0 Å². The highest BCUT2D eigenvalue weighted by atomic mass is 79.9. The summed E-state index contributed by atoms with van der Waals surface area (Å²) in [5.74, 6) is -0.351. The third kappa shape index (κ3) is 3.89.